The number of carboxylic acids is 1. The number of ether oxygens (including phenoxy) is 1. The van der Waals surface area contributed by atoms with E-state index in [0.717, 1.165) is 49.0 Å². The summed E-state index contributed by atoms with van der Waals surface area (Å²) < 4.78 is 6.48. The zero-order chi connectivity index (χ0) is 28.2. The summed E-state index contributed by atoms with van der Waals surface area (Å²) in [6.07, 6.45) is 4.69. The number of carbonyl (C=O) groups excluding carboxylic acids is 1. The monoisotopic (exact) mass is 527 g/mol. The van der Waals surface area contributed by atoms with E-state index in [1.807, 2.05) is 36.4 Å². The van der Waals surface area contributed by atoms with Crippen molar-refractivity contribution in [1.29, 1.82) is 0 Å². The minimum atomic E-state index is -1.03. The number of carbonyl (C=O) groups is 2. The van der Waals surface area contributed by atoms with Gasteiger partial charge in [-0.15, -0.1) is 0 Å². The molecule has 1 aliphatic heterocycles. The van der Waals surface area contributed by atoms with Crippen molar-refractivity contribution in [3.8, 4) is 5.75 Å². The summed E-state index contributed by atoms with van der Waals surface area (Å²) in [5.74, 6) is -0.527. The molecule has 0 aliphatic carbocycles. The van der Waals surface area contributed by atoms with Gasteiger partial charge in [0.05, 0.1) is 0 Å². The molecule has 0 bridgehead atoms. The molecule has 0 saturated heterocycles. The van der Waals surface area contributed by atoms with Gasteiger partial charge in [0.2, 0.25) is 0 Å². The maximum absolute atomic E-state index is 13.5. The molecular weight excluding hydrogens is 486 g/mol. The number of amides is 1. The molecule has 5 heteroatoms. The lowest BCUT2D eigenvalue weighted by Gasteiger charge is -2.36. The Kier molecular flexibility index (Phi) is 8.48. The molecule has 39 heavy (non-hydrogen) atoms. The molecule has 1 amide bonds. The van der Waals surface area contributed by atoms with Gasteiger partial charge >= 0.3 is 5.97 Å². The van der Waals surface area contributed by atoms with Crippen LogP contribution in [-0.2, 0) is 36.0 Å². The van der Waals surface area contributed by atoms with E-state index >= 15 is 0 Å². The van der Waals surface area contributed by atoms with Crippen LogP contribution in [0.4, 0.5) is 0 Å². The van der Waals surface area contributed by atoms with Gasteiger partial charge in [-0.05, 0) is 77.6 Å². The summed E-state index contributed by atoms with van der Waals surface area (Å²) in [5.41, 5.74) is 5.89. The third kappa shape index (κ3) is 7.29. The first kappa shape index (κ1) is 28.4. The Labute approximate surface area is 232 Å². The quantitative estimate of drug-likeness (QED) is 0.326. The van der Waals surface area contributed by atoms with Crippen molar-refractivity contribution in [3.05, 3.63) is 100 Å². The van der Waals surface area contributed by atoms with Crippen molar-refractivity contribution in [2.24, 2.45) is 0 Å². The fourth-order valence-electron chi connectivity index (χ4n) is 5.27. The minimum absolute atomic E-state index is 0.0235. The van der Waals surface area contributed by atoms with E-state index in [-0.39, 0.29) is 30.0 Å². The minimum Gasteiger partial charge on any atom is -0.487 e. The predicted molar refractivity (Wildman–Crippen MR) is 155 cm³/mol. The fourth-order valence-corrected chi connectivity index (χ4v) is 5.27. The van der Waals surface area contributed by atoms with Crippen LogP contribution >= 0.6 is 0 Å². The molecule has 0 saturated carbocycles. The average Bonchev–Trinajstić information content (AvgIpc) is 2.88. The van der Waals surface area contributed by atoms with Crippen LogP contribution in [0.2, 0.25) is 0 Å². The molecule has 0 spiro atoms. The summed E-state index contributed by atoms with van der Waals surface area (Å²) >= 11 is 0. The highest BCUT2D eigenvalue weighted by molar-refractivity contribution is 5.96. The highest BCUT2D eigenvalue weighted by atomic mass is 16.5. The van der Waals surface area contributed by atoms with Gasteiger partial charge in [-0.3, -0.25) is 9.59 Å². The molecule has 5 nitrogen and oxygen atoms in total. The third-order valence-electron chi connectivity index (χ3n) is 7.53. The van der Waals surface area contributed by atoms with Crippen molar-refractivity contribution < 1.29 is 19.4 Å². The number of fused-ring (bicyclic) bond motifs is 1. The Morgan fingerprint density at radius 2 is 1.59 bits per heavy atom. The Balaban J connectivity index is 1.47. The highest BCUT2D eigenvalue weighted by Crippen LogP contribution is 2.36. The molecule has 1 heterocycles. The molecule has 206 valence electrons. The Morgan fingerprint density at radius 3 is 2.21 bits per heavy atom. The molecule has 1 aliphatic rings. The van der Waals surface area contributed by atoms with Crippen molar-refractivity contribution in [1.82, 2.24) is 4.90 Å². The first-order valence-electron chi connectivity index (χ1n) is 14.0. The van der Waals surface area contributed by atoms with Crippen molar-refractivity contribution in [3.63, 3.8) is 0 Å². The summed E-state index contributed by atoms with van der Waals surface area (Å²) in [4.78, 5) is 26.5. The van der Waals surface area contributed by atoms with Crippen LogP contribution in [0.5, 0.6) is 5.75 Å². The maximum atomic E-state index is 13.5. The lowest BCUT2D eigenvalue weighted by atomic mass is 9.86. The topological polar surface area (TPSA) is 66.8 Å². The fraction of sp³-hybridized carbons (Fsp3) is 0.412. The highest BCUT2D eigenvalue weighted by Gasteiger charge is 2.32. The number of aliphatic carboxylic acids is 1. The number of hydrogen-bond acceptors (Lipinski definition) is 3. The van der Waals surface area contributed by atoms with Crippen molar-refractivity contribution >= 4 is 11.9 Å². The second-order valence-electron chi connectivity index (χ2n) is 12.1. The number of aryl methyl sites for hydroxylation is 2. The van der Waals surface area contributed by atoms with Crippen LogP contribution in [0.15, 0.2) is 66.7 Å². The lowest BCUT2D eigenvalue weighted by Crippen LogP contribution is -2.39. The zero-order valence-corrected chi connectivity index (χ0v) is 23.9. The first-order valence-corrected chi connectivity index (χ1v) is 14.0. The zero-order valence-electron chi connectivity index (χ0n) is 23.9. The molecule has 4 rings (SSSR count). The molecule has 0 fully saturated rings. The molecule has 3 aromatic rings. The van der Waals surface area contributed by atoms with Gasteiger partial charge in [-0.1, -0.05) is 82.6 Å². The number of benzene rings is 3. The van der Waals surface area contributed by atoms with Gasteiger partial charge in [0.15, 0.2) is 0 Å². The van der Waals surface area contributed by atoms with Gasteiger partial charge in [-0.2, -0.15) is 0 Å². The van der Waals surface area contributed by atoms with Gasteiger partial charge in [-0.25, -0.2) is 0 Å². The van der Waals surface area contributed by atoms with Gasteiger partial charge in [0.1, 0.15) is 17.9 Å². The molecule has 1 atom stereocenters. The van der Waals surface area contributed by atoms with Gasteiger partial charge in [0.25, 0.3) is 5.91 Å². The van der Waals surface area contributed by atoms with E-state index in [9.17, 15) is 14.7 Å². The molecule has 3 aromatic carbocycles. The Bertz CT molecular complexity index is 1300. The third-order valence-corrected chi connectivity index (χ3v) is 7.53. The van der Waals surface area contributed by atoms with Crippen molar-refractivity contribution in [2.75, 3.05) is 6.54 Å². The summed E-state index contributed by atoms with van der Waals surface area (Å²) in [6.45, 7) is 10.7. The summed E-state index contributed by atoms with van der Waals surface area (Å²) in [7, 11) is 0. The molecular formula is C34H41NO4. The van der Waals surface area contributed by atoms with Gasteiger partial charge in [0, 0.05) is 18.5 Å². The average molecular weight is 528 g/mol. The Hall–Kier alpha value is -3.60. The summed E-state index contributed by atoms with van der Waals surface area (Å²) in [6, 6.07) is 22.3. The van der Waals surface area contributed by atoms with Crippen LogP contribution in [-0.4, -0.2) is 34.0 Å². The molecule has 0 unspecified atom stereocenters. The number of nitrogens with zero attached hydrogens (tertiary/aromatic N) is 1. The summed E-state index contributed by atoms with van der Waals surface area (Å²) in [5, 5.41) is 9.51. The molecule has 0 aromatic heterocycles. The number of hydrogen-bond donors (Lipinski definition) is 1. The first-order chi connectivity index (χ1) is 18.5. The van der Waals surface area contributed by atoms with Crippen LogP contribution in [0.1, 0.15) is 85.6 Å². The SMILES string of the molecule is CCCc1ccc(C[C@@]2(C)CCc3cc(C(=O)N(CC(=O)O)Cc4ccc(C(C)(C)C)cc4)ccc3O2)cc1. The smallest absolute Gasteiger partial charge is 0.323 e. The van der Waals surface area contributed by atoms with Crippen LogP contribution < -0.4 is 4.74 Å². The maximum Gasteiger partial charge on any atom is 0.323 e. The van der Waals surface area contributed by atoms with E-state index in [4.69, 9.17) is 4.74 Å². The van der Waals surface area contributed by atoms with E-state index in [0.29, 0.717) is 5.56 Å². The standard InChI is InChI=1S/C34H41NO4/c1-6-7-24-8-10-25(11-9-24)21-34(5)19-18-27-20-28(14-17-30(27)39-34)32(38)35(23-31(36)37)22-26-12-15-29(16-13-26)33(2,3)4/h8-17,20H,6-7,18-19,21-23H2,1-5H3,(H,36,37)/t34-/m1/s1. The molecule has 0 radical (unpaired) electrons. The number of carboxylic acid groups (broad SMARTS) is 1. The van der Waals surface area contributed by atoms with Crippen LogP contribution in [0.25, 0.3) is 0 Å². The van der Waals surface area contributed by atoms with Gasteiger partial charge < -0.3 is 14.7 Å². The van der Waals surface area contributed by atoms with E-state index < -0.39 is 5.97 Å². The van der Waals surface area contributed by atoms with E-state index in [2.05, 4.69) is 58.9 Å². The lowest BCUT2D eigenvalue weighted by molar-refractivity contribution is -0.137. The molecule has 1 N–H and O–H groups in total. The predicted octanol–water partition coefficient (Wildman–Crippen LogP) is 6.99. The normalized spacial score (nSPS) is 16.7. The number of rotatable bonds is 9. The van der Waals surface area contributed by atoms with E-state index in [1.165, 1.54) is 21.6 Å². The van der Waals surface area contributed by atoms with Crippen LogP contribution in [0, 0.1) is 0 Å². The van der Waals surface area contributed by atoms with E-state index in [1.54, 1.807) is 6.07 Å². The Morgan fingerprint density at radius 1 is 0.949 bits per heavy atom. The second kappa shape index (κ2) is 11.6. The van der Waals surface area contributed by atoms with Crippen LogP contribution in [0.3, 0.4) is 0 Å². The van der Waals surface area contributed by atoms with Crippen molar-refractivity contribution in [2.45, 2.75) is 84.3 Å². The largest absolute Gasteiger partial charge is 0.487 e. The second-order valence-corrected chi connectivity index (χ2v) is 12.1.